The van der Waals surface area contributed by atoms with Gasteiger partial charge in [-0.05, 0) is 36.8 Å². The van der Waals surface area contributed by atoms with Gasteiger partial charge in [0.25, 0.3) is 0 Å². The van der Waals surface area contributed by atoms with E-state index in [1.165, 1.54) is 12.1 Å². The van der Waals surface area contributed by atoms with E-state index in [0.717, 1.165) is 11.3 Å². The Morgan fingerprint density at radius 3 is 2.65 bits per heavy atom. The second kappa shape index (κ2) is 10.8. The van der Waals surface area contributed by atoms with Crippen LogP contribution < -0.4 is 24.8 Å². The van der Waals surface area contributed by atoms with Crippen LogP contribution in [0, 0.1) is 5.82 Å². The predicted molar refractivity (Wildman–Crippen MR) is 119 cm³/mol. The van der Waals surface area contributed by atoms with E-state index in [1.807, 2.05) is 31.2 Å². The molecule has 0 saturated carbocycles. The van der Waals surface area contributed by atoms with Gasteiger partial charge in [0.15, 0.2) is 17.5 Å². The molecule has 0 bridgehead atoms. The van der Waals surface area contributed by atoms with Crippen molar-refractivity contribution in [2.24, 2.45) is 4.99 Å². The van der Waals surface area contributed by atoms with Crippen molar-refractivity contribution in [1.29, 1.82) is 0 Å². The first kappa shape index (κ1) is 21.9. The van der Waals surface area contributed by atoms with Crippen molar-refractivity contribution in [1.82, 2.24) is 10.3 Å². The van der Waals surface area contributed by atoms with Crippen LogP contribution in [0.2, 0.25) is 0 Å². The second-order valence-electron chi connectivity index (χ2n) is 6.41. The largest absolute Gasteiger partial charge is 0.493 e. The highest BCUT2D eigenvalue weighted by Gasteiger charge is 2.07. The van der Waals surface area contributed by atoms with Crippen LogP contribution in [0.1, 0.15) is 12.5 Å². The molecule has 162 valence electrons. The van der Waals surface area contributed by atoms with Crippen LogP contribution in [0.5, 0.6) is 23.1 Å². The number of rotatable bonds is 8. The summed E-state index contributed by atoms with van der Waals surface area (Å²) < 4.78 is 29.7. The number of nitrogens with one attached hydrogen (secondary N) is 2. The van der Waals surface area contributed by atoms with Crippen LogP contribution in [0.15, 0.2) is 65.8 Å². The van der Waals surface area contributed by atoms with Gasteiger partial charge in [-0.1, -0.05) is 12.1 Å². The number of ether oxygens (including phenoxy) is 3. The van der Waals surface area contributed by atoms with Crippen molar-refractivity contribution in [3.05, 3.63) is 72.2 Å². The molecule has 2 N–H and O–H groups in total. The SMILES string of the molecule is CCOc1ccc(NC(=NC)NCc2ccc(Oc3cccc(F)c3)nc2)cc1OC. The minimum absolute atomic E-state index is 0.359. The molecule has 0 amide bonds. The number of guanidine groups is 1. The lowest BCUT2D eigenvalue weighted by Crippen LogP contribution is -2.30. The maximum absolute atomic E-state index is 13.3. The van der Waals surface area contributed by atoms with Crippen molar-refractivity contribution < 1.29 is 18.6 Å². The van der Waals surface area contributed by atoms with Gasteiger partial charge in [-0.3, -0.25) is 4.99 Å². The Morgan fingerprint density at radius 1 is 1.10 bits per heavy atom. The minimum atomic E-state index is -0.359. The van der Waals surface area contributed by atoms with Gasteiger partial charge in [0.1, 0.15) is 11.6 Å². The average molecular weight is 424 g/mol. The lowest BCUT2D eigenvalue weighted by atomic mass is 10.2. The smallest absolute Gasteiger partial charge is 0.219 e. The first-order valence-electron chi connectivity index (χ1n) is 9.78. The van der Waals surface area contributed by atoms with Gasteiger partial charge < -0.3 is 24.8 Å². The summed E-state index contributed by atoms with van der Waals surface area (Å²) in [4.78, 5) is 8.50. The van der Waals surface area contributed by atoms with Crippen molar-refractivity contribution in [2.75, 3.05) is 26.1 Å². The first-order valence-corrected chi connectivity index (χ1v) is 9.78. The zero-order chi connectivity index (χ0) is 22.1. The van der Waals surface area contributed by atoms with Gasteiger partial charge in [0.05, 0.1) is 13.7 Å². The summed E-state index contributed by atoms with van der Waals surface area (Å²) >= 11 is 0. The predicted octanol–water partition coefficient (Wildman–Crippen LogP) is 4.61. The molecule has 0 fully saturated rings. The molecule has 1 heterocycles. The summed E-state index contributed by atoms with van der Waals surface area (Å²) in [6, 6.07) is 15.1. The van der Waals surface area contributed by atoms with Gasteiger partial charge in [-0.25, -0.2) is 9.37 Å². The normalized spacial score (nSPS) is 11.0. The fourth-order valence-corrected chi connectivity index (χ4v) is 2.75. The van der Waals surface area contributed by atoms with Crippen LogP contribution in [0.3, 0.4) is 0 Å². The molecule has 8 heteroatoms. The summed E-state index contributed by atoms with van der Waals surface area (Å²) in [7, 11) is 3.29. The van der Waals surface area contributed by atoms with Gasteiger partial charge in [0, 0.05) is 43.7 Å². The highest BCUT2D eigenvalue weighted by Crippen LogP contribution is 2.30. The highest BCUT2D eigenvalue weighted by molar-refractivity contribution is 5.93. The van der Waals surface area contributed by atoms with E-state index < -0.39 is 0 Å². The van der Waals surface area contributed by atoms with E-state index in [4.69, 9.17) is 14.2 Å². The molecule has 0 radical (unpaired) electrons. The van der Waals surface area contributed by atoms with E-state index in [-0.39, 0.29) is 5.82 Å². The van der Waals surface area contributed by atoms with Crippen molar-refractivity contribution in [2.45, 2.75) is 13.5 Å². The molecule has 0 aliphatic carbocycles. The average Bonchev–Trinajstić information content (AvgIpc) is 2.78. The van der Waals surface area contributed by atoms with Crippen LogP contribution in [0.4, 0.5) is 10.1 Å². The zero-order valence-electron chi connectivity index (χ0n) is 17.7. The van der Waals surface area contributed by atoms with Crippen molar-refractivity contribution in [3.8, 4) is 23.1 Å². The lowest BCUT2D eigenvalue weighted by molar-refractivity contribution is 0.311. The minimum Gasteiger partial charge on any atom is -0.493 e. The molecule has 0 aliphatic rings. The molecule has 0 saturated heterocycles. The number of nitrogens with zero attached hydrogens (tertiary/aromatic N) is 2. The number of halogens is 1. The number of benzene rings is 2. The Morgan fingerprint density at radius 2 is 1.97 bits per heavy atom. The van der Waals surface area contributed by atoms with Crippen molar-refractivity contribution >= 4 is 11.6 Å². The van der Waals surface area contributed by atoms with Crippen molar-refractivity contribution in [3.63, 3.8) is 0 Å². The van der Waals surface area contributed by atoms with Crippen LogP contribution in [-0.4, -0.2) is 31.7 Å². The lowest BCUT2D eigenvalue weighted by Gasteiger charge is -2.14. The number of aliphatic imine (C=N–C) groups is 1. The van der Waals surface area contributed by atoms with E-state index in [1.54, 1.807) is 38.6 Å². The molecule has 3 aromatic rings. The van der Waals surface area contributed by atoms with Crippen LogP contribution >= 0.6 is 0 Å². The third kappa shape index (κ3) is 6.33. The first-order chi connectivity index (χ1) is 15.1. The summed E-state index contributed by atoms with van der Waals surface area (Å²) in [6.07, 6.45) is 1.69. The Bertz CT molecular complexity index is 1030. The molecule has 0 aliphatic heterocycles. The summed E-state index contributed by atoms with van der Waals surface area (Å²) in [5, 5.41) is 6.44. The van der Waals surface area contributed by atoms with Gasteiger partial charge in [-0.15, -0.1) is 0 Å². The Labute approximate surface area is 180 Å². The van der Waals surface area contributed by atoms with E-state index in [2.05, 4.69) is 20.6 Å². The van der Waals surface area contributed by atoms with Gasteiger partial charge >= 0.3 is 0 Å². The maximum Gasteiger partial charge on any atom is 0.219 e. The molecule has 7 nitrogen and oxygen atoms in total. The van der Waals surface area contributed by atoms with E-state index in [9.17, 15) is 4.39 Å². The van der Waals surface area contributed by atoms with Gasteiger partial charge in [0.2, 0.25) is 5.88 Å². The number of hydrogen-bond acceptors (Lipinski definition) is 5. The number of anilines is 1. The quantitative estimate of drug-likeness (QED) is 0.406. The maximum atomic E-state index is 13.3. The Balaban J connectivity index is 1.57. The third-order valence-corrected chi connectivity index (χ3v) is 4.23. The Kier molecular flexibility index (Phi) is 7.64. The molecular formula is C23H25FN4O3. The fraction of sp³-hybridized carbons (Fsp3) is 0.217. The topological polar surface area (TPSA) is 77.0 Å². The standard InChI is InChI=1S/C23H25FN4O3/c1-4-30-20-10-9-18(13-21(20)29-3)28-23(25-2)27-15-16-8-11-22(26-14-16)31-19-7-5-6-17(24)12-19/h5-14H,4,15H2,1-3H3,(H2,25,27,28). The summed E-state index contributed by atoms with van der Waals surface area (Å²) in [5.74, 6) is 2.34. The molecule has 0 atom stereocenters. The monoisotopic (exact) mass is 424 g/mol. The fourth-order valence-electron chi connectivity index (χ4n) is 2.75. The molecular weight excluding hydrogens is 399 g/mol. The molecule has 3 rings (SSSR count). The Hall–Kier alpha value is -3.81. The molecule has 0 spiro atoms. The summed E-state index contributed by atoms with van der Waals surface area (Å²) in [6.45, 7) is 2.99. The molecule has 31 heavy (non-hydrogen) atoms. The van der Waals surface area contributed by atoms with E-state index in [0.29, 0.717) is 42.2 Å². The van der Waals surface area contributed by atoms with Crippen LogP contribution in [0.25, 0.3) is 0 Å². The molecule has 0 unspecified atom stereocenters. The van der Waals surface area contributed by atoms with E-state index >= 15 is 0 Å². The zero-order valence-corrected chi connectivity index (χ0v) is 17.7. The molecule has 1 aromatic heterocycles. The summed E-state index contributed by atoms with van der Waals surface area (Å²) in [5.41, 5.74) is 1.74. The highest BCUT2D eigenvalue weighted by atomic mass is 19.1. The molecule has 2 aromatic carbocycles. The van der Waals surface area contributed by atoms with Gasteiger partial charge in [-0.2, -0.15) is 0 Å². The number of aromatic nitrogens is 1. The number of methoxy groups -OCH3 is 1. The second-order valence-corrected chi connectivity index (χ2v) is 6.41. The third-order valence-electron chi connectivity index (χ3n) is 4.23. The van der Waals surface area contributed by atoms with Crippen LogP contribution in [-0.2, 0) is 6.54 Å². The number of hydrogen-bond donors (Lipinski definition) is 2. The number of pyridine rings is 1.